The third-order valence-corrected chi connectivity index (χ3v) is 2.15. The Kier molecular flexibility index (Phi) is 3.35. The van der Waals surface area contributed by atoms with Crippen LogP contribution in [0.25, 0.3) is 0 Å². The minimum atomic E-state index is -0.948. The molecule has 0 bridgehead atoms. The van der Waals surface area contributed by atoms with Gasteiger partial charge in [0.05, 0.1) is 11.3 Å². The van der Waals surface area contributed by atoms with E-state index in [-0.39, 0.29) is 18.0 Å². The number of aryl methyl sites for hydroxylation is 1. The summed E-state index contributed by atoms with van der Waals surface area (Å²) in [7, 11) is 0. The maximum absolute atomic E-state index is 10.4. The number of hydrogen-bond donors (Lipinski definition) is 2. The maximum atomic E-state index is 10.4. The van der Waals surface area contributed by atoms with Crippen molar-refractivity contribution in [3.8, 4) is 0 Å². The van der Waals surface area contributed by atoms with Crippen molar-refractivity contribution in [2.45, 2.75) is 6.92 Å². The molecule has 62 valence electrons. The summed E-state index contributed by atoms with van der Waals surface area (Å²) in [6.45, 7) is 1.74. The van der Waals surface area contributed by atoms with Crippen molar-refractivity contribution in [1.29, 1.82) is 0 Å². The molecule has 0 saturated heterocycles. The summed E-state index contributed by atoms with van der Waals surface area (Å²) >= 11 is 1.35. The number of hydrogen-bond acceptors (Lipinski definition) is 3. The molecule has 3 N–H and O–H groups in total. The van der Waals surface area contributed by atoms with Crippen molar-refractivity contribution in [2.24, 2.45) is 0 Å². The Bertz CT molecular complexity index is 252. The van der Waals surface area contributed by atoms with Crippen LogP contribution in [-0.4, -0.2) is 11.1 Å². The molecule has 0 atom stereocenters. The first kappa shape index (κ1) is 10.3. The third-order valence-electron chi connectivity index (χ3n) is 1.22. The molecule has 0 aliphatic rings. The van der Waals surface area contributed by atoms with Crippen molar-refractivity contribution in [3.05, 3.63) is 15.8 Å². The van der Waals surface area contributed by atoms with Gasteiger partial charge in [0.2, 0.25) is 0 Å². The van der Waals surface area contributed by atoms with Gasteiger partial charge in [-0.15, -0.1) is 23.7 Å². The van der Waals surface area contributed by atoms with Crippen LogP contribution in [0.4, 0.5) is 5.69 Å². The van der Waals surface area contributed by atoms with Crippen LogP contribution >= 0.6 is 23.7 Å². The normalized spacial score (nSPS) is 8.82. The summed E-state index contributed by atoms with van der Waals surface area (Å²) in [6.07, 6.45) is 0. The molecule has 0 aliphatic carbocycles. The lowest BCUT2D eigenvalue weighted by Crippen LogP contribution is -2.00. The fourth-order valence-corrected chi connectivity index (χ4v) is 1.49. The number of halogens is 1. The monoisotopic (exact) mass is 193 g/mol. The van der Waals surface area contributed by atoms with Crippen LogP contribution in [0.15, 0.2) is 5.38 Å². The minimum absolute atomic E-state index is 0. The molecule has 0 unspecified atom stereocenters. The summed E-state index contributed by atoms with van der Waals surface area (Å²) in [5.74, 6) is -0.948. The first-order chi connectivity index (χ1) is 4.63. The number of anilines is 1. The first-order valence-corrected chi connectivity index (χ1v) is 3.57. The van der Waals surface area contributed by atoms with Gasteiger partial charge in [0.1, 0.15) is 0 Å². The van der Waals surface area contributed by atoms with Gasteiger partial charge in [-0.2, -0.15) is 0 Å². The standard InChI is InChI=1S/C6H7NO2S.ClH/c1-3-5(6(8)9)4(7)2-10-3;/h2H,7H2,1H3,(H,8,9);1H. The largest absolute Gasteiger partial charge is 0.478 e. The van der Waals surface area contributed by atoms with Crippen molar-refractivity contribution < 1.29 is 9.90 Å². The second-order valence-corrected chi connectivity index (χ2v) is 3.01. The second kappa shape index (κ2) is 3.59. The van der Waals surface area contributed by atoms with E-state index in [1.54, 1.807) is 12.3 Å². The zero-order valence-corrected chi connectivity index (χ0v) is 7.46. The van der Waals surface area contributed by atoms with Gasteiger partial charge in [0, 0.05) is 10.3 Å². The lowest BCUT2D eigenvalue weighted by Gasteiger charge is -1.91. The van der Waals surface area contributed by atoms with E-state index in [1.165, 1.54) is 11.3 Å². The highest BCUT2D eigenvalue weighted by molar-refractivity contribution is 7.10. The molecule has 1 heterocycles. The van der Waals surface area contributed by atoms with Gasteiger partial charge in [-0.3, -0.25) is 0 Å². The number of carboxylic acids is 1. The lowest BCUT2D eigenvalue weighted by molar-refractivity contribution is 0.0698. The summed E-state index contributed by atoms with van der Waals surface area (Å²) in [5, 5.41) is 10.2. The number of carboxylic acid groups (broad SMARTS) is 1. The summed E-state index contributed by atoms with van der Waals surface area (Å²) in [4.78, 5) is 11.2. The van der Waals surface area contributed by atoms with Crippen LogP contribution in [0, 0.1) is 6.92 Å². The Balaban J connectivity index is 0.000001000. The van der Waals surface area contributed by atoms with E-state index < -0.39 is 5.97 Å². The molecule has 0 saturated carbocycles. The number of nitrogen functional groups attached to an aromatic ring is 1. The Morgan fingerprint density at radius 3 is 2.45 bits per heavy atom. The molecular formula is C6H8ClNO2S. The Labute approximate surface area is 74.3 Å². The predicted molar refractivity (Wildman–Crippen MR) is 47.7 cm³/mol. The smallest absolute Gasteiger partial charge is 0.338 e. The van der Waals surface area contributed by atoms with Crippen molar-refractivity contribution in [1.82, 2.24) is 0 Å². The van der Waals surface area contributed by atoms with Gasteiger partial charge < -0.3 is 10.8 Å². The fourth-order valence-electron chi connectivity index (χ4n) is 0.747. The van der Waals surface area contributed by atoms with E-state index in [0.717, 1.165) is 4.88 Å². The molecular weight excluding hydrogens is 186 g/mol. The summed E-state index contributed by atoms with van der Waals surface area (Å²) < 4.78 is 0. The number of nitrogens with two attached hydrogens (primary N) is 1. The number of rotatable bonds is 1. The van der Waals surface area contributed by atoms with Gasteiger partial charge in [0.15, 0.2) is 0 Å². The van der Waals surface area contributed by atoms with E-state index in [4.69, 9.17) is 10.8 Å². The van der Waals surface area contributed by atoms with Crippen LogP contribution in [0.1, 0.15) is 15.2 Å². The Morgan fingerprint density at radius 1 is 1.73 bits per heavy atom. The van der Waals surface area contributed by atoms with Crippen molar-refractivity contribution in [3.63, 3.8) is 0 Å². The molecule has 1 aromatic rings. The number of aromatic carboxylic acids is 1. The van der Waals surface area contributed by atoms with Gasteiger partial charge in [-0.25, -0.2) is 4.79 Å². The molecule has 0 radical (unpaired) electrons. The summed E-state index contributed by atoms with van der Waals surface area (Å²) in [6, 6.07) is 0. The van der Waals surface area contributed by atoms with Crippen LogP contribution in [0.5, 0.6) is 0 Å². The molecule has 3 nitrogen and oxygen atoms in total. The molecule has 0 amide bonds. The van der Waals surface area contributed by atoms with Crippen molar-refractivity contribution >= 4 is 35.4 Å². The highest BCUT2D eigenvalue weighted by Gasteiger charge is 2.11. The lowest BCUT2D eigenvalue weighted by atomic mass is 10.2. The molecule has 1 rings (SSSR count). The highest BCUT2D eigenvalue weighted by atomic mass is 35.5. The van der Waals surface area contributed by atoms with Gasteiger partial charge in [-0.05, 0) is 6.92 Å². The molecule has 0 spiro atoms. The zero-order chi connectivity index (χ0) is 7.72. The Morgan fingerprint density at radius 2 is 2.27 bits per heavy atom. The van der Waals surface area contributed by atoms with Crippen LogP contribution < -0.4 is 5.73 Å². The molecule has 0 aromatic carbocycles. The van der Waals surface area contributed by atoms with E-state index in [0.29, 0.717) is 5.69 Å². The van der Waals surface area contributed by atoms with Gasteiger partial charge in [-0.1, -0.05) is 0 Å². The molecule has 0 fully saturated rings. The van der Waals surface area contributed by atoms with E-state index in [9.17, 15) is 4.79 Å². The molecule has 5 heteroatoms. The molecule has 1 aromatic heterocycles. The van der Waals surface area contributed by atoms with Crippen LogP contribution in [0.2, 0.25) is 0 Å². The second-order valence-electron chi connectivity index (χ2n) is 1.93. The first-order valence-electron chi connectivity index (χ1n) is 2.69. The fraction of sp³-hybridized carbons (Fsp3) is 0.167. The molecule has 0 aliphatic heterocycles. The minimum Gasteiger partial charge on any atom is -0.478 e. The molecule has 11 heavy (non-hydrogen) atoms. The van der Waals surface area contributed by atoms with Gasteiger partial charge in [0.25, 0.3) is 0 Å². The SMILES string of the molecule is Cc1scc(N)c1C(=O)O.Cl. The summed E-state index contributed by atoms with van der Waals surface area (Å²) in [5.41, 5.74) is 5.97. The topological polar surface area (TPSA) is 63.3 Å². The average molecular weight is 194 g/mol. The van der Waals surface area contributed by atoms with E-state index in [1.807, 2.05) is 0 Å². The number of carbonyl (C=O) groups is 1. The van der Waals surface area contributed by atoms with Crippen molar-refractivity contribution in [2.75, 3.05) is 5.73 Å². The van der Waals surface area contributed by atoms with E-state index >= 15 is 0 Å². The average Bonchev–Trinajstić information content (AvgIpc) is 2.11. The van der Waals surface area contributed by atoms with Crippen LogP contribution in [0.3, 0.4) is 0 Å². The quantitative estimate of drug-likeness (QED) is 0.715. The zero-order valence-electron chi connectivity index (χ0n) is 5.83. The predicted octanol–water partition coefficient (Wildman–Crippen LogP) is 1.76. The van der Waals surface area contributed by atoms with Gasteiger partial charge >= 0.3 is 5.97 Å². The maximum Gasteiger partial charge on any atom is 0.338 e. The third kappa shape index (κ3) is 1.85. The Hall–Kier alpha value is -0.740. The van der Waals surface area contributed by atoms with Crippen LogP contribution in [-0.2, 0) is 0 Å². The van der Waals surface area contributed by atoms with E-state index in [2.05, 4.69) is 0 Å². The number of thiophene rings is 1. The highest BCUT2D eigenvalue weighted by Crippen LogP contribution is 2.23.